The van der Waals surface area contributed by atoms with E-state index in [9.17, 15) is 19.5 Å². The van der Waals surface area contributed by atoms with E-state index < -0.39 is 23.0 Å². The van der Waals surface area contributed by atoms with E-state index >= 15 is 0 Å². The van der Waals surface area contributed by atoms with Crippen molar-refractivity contribution in [1.29, 1.82) is 0 Å². The highest BCUT2D eigenvalue weighted by Crippen LogP contribution is 2.32. The Bertz CT molecular complexity index is 1810. The Hall–Kier alpha value is -4.79. The number of esters is 1. The summed E-state index contributed by atoms with van der Waals surface area (Å²) >= 11 is 0. The smallest absolute Gasteiger partial charge is 0.306 e. The van der Waals surface area contributed by atoms with Gasteiger partial charge in [-0.05, 0) is 55.3 Å². The van der Waals surface area contributed by atoms with Crippen LogP contribution in [0.5, 0.6) is 11.5 Å². The van der Waals surface area contributed by atoms with E-state index in [1.165, 1.54) is 20.3 Å². The number of carbonyl (C=O) groups is 1. The average molecular weight is 528 g/mol. The van der Waals surface area contributed by atoms with Crippen LogP contribution in [0, 0.1) is 6.92 Å². The van der Waals surface area contributed by atoms with Crippen LogP contribution >= 0.6 is 0 Å². The molecule has 0 saturated carbocycles. The highest BCUT2D eigenvalue weighted by Gasteiger charge is 2.29. The Labute approximate surface area is 223 Å². The third-order valence-corrected chi connectivity index (χ3v) is 7.21. The van der Waals surface area contributed by atoms with Crippen molar-refractivity contribution in [2.75, 3.05) is 14.2 Å². The molecule has 0 amide bonds. The van der Waals surface area contributed by atoms with Crippen molar-refractivity contribution in [3.05, 3.63) is 104 Å². The first-order valence-corrected chi connectivity index (χ1v) is 12.6. The molecule has 39 heavy (non-hydrogen) atoms. The average Bonchev–Trinajstić information content (AvgIpc) is 3.34. The number of nitrogens with one attached hydrogen (secondary N) is 2. The molecule has 0 saturated heterocycles. The van der Waals surface area contributed by atoms with Crippen molar-refractivity contribution in [2.24, 2.45) is 0 Å². The Morgan fingerprint density at radius 1 is 1.05 bits per heavy atom. The summed E-state index contributed by atoms with van der Waals surface area (Å²) in [5.74, 6) is -1.35. The number of aryl methyl sites for hydroxylation is 2. The summed E-state index contributed by atoms with van der Waals surface area (Å²) in [4.78, 5) is 45.7. The maximum atomic E-state index is 13.9. The second-order valence-corrected chi connectivity index (χ2v) is 9.49. The summed E-state index contributed by atoms with van der Waals surface area (Å²) in [6.07, 6.45) is 2.19. The number of hydrogen-bond donors (Lipinski definition) is 3. The second kappa shape index (κ2) is 10.5. The molecule has 0 spiro atoms. The lowest BCUT2D eigenvalue weighted by atomic mass is 9.88. The van der Waals surface area contributed by atoms with Crippen molar-refractivity contribution in [3.8, 4) is 11.5 Å². The molecule has 9 nitrogen and oxygen atoms in total. The summed E-state index contributed by atoms with van der Waals surface area (Å²) in [6, 6.07) is 16.2. The number of aromatic hydroxyl groups is 1. The van der Waals surface area contributed by atoms with Gasteiger partial charge >= 0.3 is 5.97 Å². The van der Waals surface area contributed by atoms with Gasteiger partial charge in [0.25, 0.3) is 11.1 Å². The zero-order valence-corrected chi connectivity index (χ0v) is 21.9. The summed E-state index contributed by atoms with van der Waals surface area (Å²) in [5.41, 5.74) is 2.41. The number of aromatic nitrogens is 3. The number of benzene rings is 2. The molecular weight excluding hydrogens is 498 g/mol. The maximum absolute atomic E-state index is 13.9. The van der Waals surface area contributed by atoms with Gasteiger partial charge in [0, 0.05) is 51.7 Å². The van der Waals surface area contributed by atoms with Crippen LogP contribution in [0.25, 0.3) is 21.8 Å². The molecule has 9 heteroatoms. The molecule has 200 valence electrons. The lowest BCUT2D eigenvalue weighted by Gasteiger charge is -2.20. The summed E-state index contributed by atoms with van der Waals surface area (Å²) < 4.78 is 11.8. The number of hydrogen-bond acceptors (Lipinski definition) is 6. The van der Waals surface area contributed by atoms with E-state index in [1.807, 2.05) is 30.5 Å². The number of aromatic amines is 2. The van der Waals surface area contributed by atoms with Crippen LogP contribution in [0.15, 0.2) is 70.4 Å². The van der Waals surface area contributed by atoms with Gasteiger partial charge in [-0.2, -0.15) is 0 Å². The van der Waals surface area contributed by atoms with E-state index in [-0.39, 0.29) is 23.3 Å². The van der Waals surface area contributed by atoms with Gasteiger partial charge in [-0.3, -0.25) is 14.4 Å². The third kappa shape index (κ3) is 4.90. The largest absolute Gasteiger partial charge is 0.507 e. The molecule has 5 rings (SSSR count). The van der Waals surface area contributed by atoms with Gasteiger partial charge in [0.1, 0.15) is 11.5 Å². The number of pyridine rings is 2. The molecule has 0 radical (unpaired) electrons. The second-order valence-electron chi connectivity index (χ2n) is 9.49. The van der Waals surface area contributed by atoms with Gasteiger partial charge in [0.15, 0.2) is 0 Å². The first kappa shape index (κ1) is 25.8. The van der Waals surface area contributed by atoms with Crippen LogP contribution in [0.1, 0.15) is 34.7 Å². The molecule has 1 atom stereocenters. The Kier molecular flexibility index (Phi) is 6.98. The number of fused-ring (bicyclic) bond motifs is 2. The van der Waals surface area contributed by atoms with Gasteiger partial charge in [-0.25, -0.2) is 0 Å². The van der Waals surface area contributed by atoms with Crippen LogP contribution in [-0.2, 0) is 22.5 Å². The third-order valence-electron chi connectivity index (χ3n) is 7.21. The number of carbonyl (C=O) groups excluding carboxylic acids is 1. The molecule has 2 aromatic carbocycles. The SMILES string of the molecule is COC(=O)C[C@H](c1cc2cc(OC)ccc2[nH]c1=O)c1c(O)cc(C)n(CCc2c[nH]c3ccccc23)c1=O. The van der Waals surface area contributed by atoms with Crippen LogP contribution in [0.3, 0.4) is 0 Å². The van der Waals surface area contributed by atoms with E-state index in [4.69, 9.17) is 9.47 Å². The Morgan fingerprint density at radius 2 is 1.85 bits per heavy atom. The van der Waals surface area contributed by atoms with E-state index in [0.717, 1.165) is 16.5 Å². The molecule has 0 aliphatic carbocycles. The number of para-hydroxylation sites is 1. The first-order valence-electron chi connectivity index (χ1n) is 12.6. The minimum absolute atomic E-state index is 0.0299. The highest BCUT2D eigenvalue weighted by atomic mass is 16.5. The summed E-state index contributed by atoms with van der Waals surface area (Å²) in [6.45, 7) is 2.08. The van der Waals surface area contributed by atoms with Crippen molar-refractivity contribution >= 4 is 27.8 Å². The molecule has 3 heterocycles. The lowest BCUT2D eigenvalue weighted by Crippen LogP contribution is -2.31. The zero-order chi connectivity index (χ0) is 27.7. The monoisotopic (exact) mass is 527 g/mol. The minimum Gasteiger partial charge on any atom is -0.507 e. The fourth-order valence-corrected chi connectivity index (χ4v) is 5.15. The maximum Gasteiger partial charge on any atom is 0.306 e. The summed E-state index contributed by atoms with van der Waals surface area (Å²) in [5, 5.41) is 12.7. The predicted octanol–water partition coefficient (Wildman–Crippen LogP) is 4.13. The van der Waals surface area contributed by atoms with E-state index in [0.29, 0.717) is 35.3 Å². The molecule has 3 aromatic heterocycles. The molecule has 0 aliphatic heterocycles. The molecule has 0 bridgehead atoms. The van der Waals surface area contributed by atoms with Crippen molar-refractivity contribution in [3.63, 3.8) is 0 Å². The molecule has 3 N–H and O–H groups in total. The van der Waals surface area contributed by atoms with Gasteiger partial charge in [-0.1, -0.05) is 18.2 Å². The highest BCUT2D eigenvalue weighted by molar-refractivity contribution is 5.83. The van der Waals surface area contributed by atoms with Crippen molar-refractivity contribution < 1.29 is 19.4 Å². The first-order chi connectivity index (χ1) is 18.8. The fraction of sp³-hybridized carbons (Fsp3) is 0.233. The normalized spacial score (nSPS) is 12.1. The quantitative estimate of drug-likeness (QED) is 0.261. The lowest BCUT2D eigenvalue weighted by molar-refractivity contribution is -0.140. The van der Waals surface area contributed by atoms with Gasteiger partial charge < -0.3 is 29.1 Å². The van der Waals surface area contributed by atoms with Crippen LogP contribution in [-0.4, -0.2) is 39.8 Å². The topological polar surface area (TPSA) is 126 Å². The van der Waals surface area contributed by atoms with Crippen LogP contribution in [0.4, 0.5) is 0 Å². The van der Waals surface area contributed by atoms with E-state index in [1.54, 1.807) is 35.8 Å². The fourth-order valence-electron chi connectivity index (χ4n) is 5.15. The number of H-pyrrole nitrogens is 2. The van der Waals surface area contributed by atoms with Crippen molar-refractivity contribution in [2.45, 2.75) is 32.2 Å². The Balaban J connectivity index is 1.62. The minimum atomic E-state index is -1.04. The zero-order valence-electron chi connectivity index (χ0n) is 21.9. The standard InChI is InChI=1S/C30H29N3O6/c1-17-12-26(34)28(30(37)33(17)11-10-18-16-31-25-7-5-4-6-21(18)25)22(15-27(35)39-3)23-14-19-13-20(38-2)8-9-24(19)32-29(23)36/h4-9,12-14,16,22,31,34H,10-11,15H2,1-3H3,(H,32,36)/t22-/m1/s1. The Morgan fingerprint density at radius 3 is 2.62 bits per heavy atom. The van der Waals surface area contributed by atoms with Gasteiger partial charge in [0.2, 0.25) is 0 Å². The van der Waals surface area contributed by atoms with Gasteiger partial charge in [0.05, 0.1) is 26.2 Å². The molecular formula is C30H29N3O6. The number of ether oxygens (including phenoxy) is 2. The number of methoxy groups -OCH3 is 2. The number of nitrogens with zero attached hydrogens (tertiary/aromatic N) is 1. The molecule has 0 fully saturated rings. The molecule has 0 aliphatic rings. The molecule has 5 aromatic rings. The van der Waals surface area contributed by atoms with Gasteiger partial charge in [-0.15, -0.1) is 0 Å². The van der Waals surface area contributed by atoms with Crippen LogP contribution in [0.2, 0.25) is 0 Å². The van der Waals surface area contributed by atoms with Crippen molar-refractivity contribution in [1.82, 2.24) is 14.5 Å². The van der Waals surface area contributed by atoms with E-state index in [2.05, 4.69) is 9.97 Å². The molecule has 0 unspecified atom stereocenters. The van der Waals surface area contributed by atoms with Crippen LogP contribution < -0.4 is 15.9 Å². The summed E-state index contributed by atoms with van der Waals surface area (Å²) in [7, 11) is 2.78. The number of rotatable bonds is 8. The predicted molar refractivity (Wildman–Crippen MR) is 149 cm³/mol.